The Balaban J connectivity index is 4.31. The third-order valence-electron chi connectivity index (χ3n) is 1.02. The van der Waals surface area contributed by atoms with Crippen LogP contribution in [0.2, 0.25) is 0 Å². The van der Waals surface area contributed by atoms with Gasteiger partial charge in [-0.3, -0.25) is 0 Å². The van der Waals surface area contributed by atoms with Crippen LogP contribution in [0.25, 0.3) is 0 Å². The molecule has 0 spiro atoms. The lowest BCUT2D eigenvalue weighted by Gasteiger charge is -2.17. The lowest BCUT2D eigenvalue weighted by molar-refractivity contribution is 0.0604. The maximum absolute atomic E-state index is 11.1. The topological polar surface area (TPSA) is 80.3 Å². The molecular formula is C9H18N4O2. The van der Waals surface area contributed by atoms with Crippen molar-refractivity contribution in [2.75, 3.05) is 14.1 Å². The number of nitrogens with two attached hydrogens (primary N) is 1. The van der Waals surface area contributed by atoms with Crippen molar-refractivity contribution in [1.29, 1.82) is 0 Å². The highest BCUT2D eigenvalue weighted by atomic mass is 16.6. The molecule has 0 rings (SSSR count). The quantitative estimate of drug-likeness (QED) is 0.517. The second kappa shape index (κ2) is 5.33. The SMILES string of the molecule is CN(C)/C=N/C(N)=N/C(=O)OC(C)(C)C. The van der Waals surface area contributed by atoms with E-state index in [2.05, 4.69) is 9.98 Å². The van der Waals surface area contributed by atoms with E-state index in [4.69, 9.17) is 10.5 Å². The molecular weight excluding hydrogens is 196 g/mol. The Morgan fingerprint density at radius 3 is 2.33 bits per heavy atom. The molecule has 2 N–H and O–H groups in total. The number of guanidine groups is 1. The molecule has 0 saturated heterocycles. The van der Waals surface area contributed by atoms with Crippen molar-refractivity contribution in [3.05, 3.63) is 0 Å². The molecule has 0 aliphatic carbocycles. The van der Waals surface area contributed by atoms with Gasteiger partial charge in [0.2, 0.25) is 5.96 Å². The van der Waals surface area contributed by atoms with Gasteiger partial charge in [0.25, 0.3) is 0 Å². The molecule has 0 fully saturated rings. The van der Waals surface area contributed by atoms with Crippen molar-refractivity contribution in [2.45, 2.75) is 26.4 Å². The van der Waals surface area contributed by atoms with Crippen molar-refractivity contribution in [2.24, 2.45) is 15.7 Å². The van der Waals surface area contributed by atoms with Crippen molar-refractivity contribution in [3.8, 4) is 0 Å². The molecule has 6 nitrogen and oxygen atoms in total. The molecule has 6 heteroatoms. The van der Waals surface area contributed by atoms with Gasteiger partial charge in [-0.25, -0.2) is 9.79 Å². The third-order valence-corrected chi connectivity index (χ3v) is 1.02. The Morgan fingerprint density at radius 1 is 1.40 bits per heavy atom. The minimum Gasteiger partial charge on any atom is -0.442 e. The smallest absolute Gasteiger partial charge is 0.437 e. The van der Waals surface area contributed by atoms with E-state index >= 15 is 0 Å². The standard InChI is InChI=1S/C9H18N4O2/c1-9(2,3)15-8(14)12-7(10)11-6-13(4)5/h6H,1-5H3,(H2,10,12,14)/b11-6+. The number of carbonyl (C=O) groups excluding carboxylic acids is 1. The maximum Gasteiger partial charge on any atom is 0.437 e. The van der Waals surface area contributed by atoms with E-state index in [1.807, 2.05) is 0 Å². The second-order valence-corrected chi connectivity index (χ2v) is 4.16. The summed E-state index contributed by atoms with van der Waals surface area (Å²) in [6.45, 7) is 5.25. The fourth-order valence-electron chi connectivity index (χ4n) is 0.582. The molecule has 0 atom stereocenters. The maximum atomic E-state index is 11.1. The summed E-state index contributed by atoms with van der Waals surface area (Å²) in [5.41, 5.74) is 4.79. The van der Waals surface area contributed by atoms with E-state index in [1.165, 1.54) is 6.34 Å². The molecule has 86 valence electrons. The molecule has 0 aromatic heterocycles. The summed E-state index contributed by atoms with van der Waals surface area (Å²) >= 11 is 0. The highest BCUT2D eigenvalue weighted by molar-refractivity contribution is 5.93. The van der Waals surface area contributed by atoms with Gasteiger partial charge in [-0.05, 0) is 20.8 Å². The van der Waals surface area contributed by atoms with Gasteiger partial charge in [0.15, 0.2) is 0 Å². The first kappa shape index (κ1) is 13.4. The van der Waals surface area contributed by atoms with E-state index in [9.17, 15) is 4.79 Å². The molecule has 15 heavy (non-hydrogen) atoms. The predicted octanol–water partition coefficient (Wildman–Crippen LogP) is 0.826. The summed E-state index contributed by atoms with van der Waals surface area (Å²) in [6, 6.07) is 0. The summed E-state index contributed by atoms with van der Waals surface area (Å²) in [5, 5.41) is 0. The zero-order valence-corrected chi connectivity index (χ0v) is 9.81. The van der Waals surface area contributed by atoms with Gasteiger partial charge in [0.05, 0.1) is 6.34 Å². The van der Waals surface area contributed by atoms with Gasteiger partial charge in [0.1, 0.15) is 5.60 Å². The van der Waals surface area contributed by atoms with Crippen molar-refractivity contribution in [3.63, 3.8) is 0 Å². The van der Waals surface area contributed by atoms with E-state index in [1.54, 1.807) is 39.8 Å². The minimum atomic E-state index is -0.740. The van der Waals surface area contributed by atoms with Crippen molar-refractivity contribution >= 4 is 18.4 Å². The minimum absolute atomic E-state index is 0.127. The Hall–Kier alpha value is -1.59. The summed E-state index contributed by atoms with van der Waals surface area (Å²) in [5.74, 6) is -0.127. The van der Waals surface area contributed by atoms with E-state index < -0.39 is 11.7 Å². The van der Waals surface area contributed by atoms with Crippen LogP contribution in [-0.4, -0.2) is 43.0 Å². The molecule has 0 aliphatic rings. The number of aliphatic imine (C=N–C) groups is 2. The Bertz CT molecular complexity index is 276. The van der Waals surface area contributed by atoms with Gasteiger partial charge in [-0.15, -0.1) is 4.99 Å². The summed E-state index contributed by atoms with van der Waals surface area (Å²) in [4.78, 5) is 20.0. The third kappa shape index (κ3) is 8.73. The molecule has 0 heterocycles. The predicted molar refractivity (Wildman–Crippen MR) is 60.0 cm³/mol. The number of amides is 1. The normalized spacial score (nSPS) is 13.0. The van der Waals surface area contributed by atoms with Crippen LogP contribution in [-0.2, 0) is 4.74 Å². The zero-order valence-electron chi connectivity index (χ0n) is 9.81. The fraction of sp³-hybridized carbons (Fsp3) is 0.667. The molecule has 0 aromatic carbocycles. The summed E-state index contributed by atoms with van der Waals surface area (Å²) < 4.78 is 4.92. The van der Waals surface area contributed by atoms with Crippen LogP contribution in [0.4, 0.5) is 4.79 Å². The average molecular weight is 214 g/mol. The first-order valence-corrected chi connectivity index (χ1v) is 4.48. The van der Waals surface area contributed by atoms with Crippen LogP contribution < -0.4 is 5.73 Å². The van der Waals surface area contributed by atoms with Crippen LogP contribution in [0.15, 0.2) is 9.98 Å². The Morgan fingerprint density at radius 2 is 1.93 bits per heavy atom. The molecule has 0 aromatic rings. The average Bonchev–Trinajstić information content (AvgIpc) is 1.96. The number of hydrogen-bond acceptors (Lipinski definition) is 2. The number of ether oxygens (including phenoxy) is 1. The Labute approximate surface area is 89.8 Å². The molecule has 0 saturated carbocycles. The van der Waals surface area contributed by atoms with Gasteiger partial charge in [-0.2, -0.15) is 0 Å². The van der Waals surface area contributed by atoms with E-state index in [-0.39, 0.29) is 5.96 Å². The van der Waals surface area contributed by atoms with Crippen LogP contribution in [0, 0.1) is 0 Å². The number of nitrogens with zero attached hydrogens (tertiary/aromatic N) is 3. The van der Waals surface area contributed by atoms with Crippen molar-refractivity contribution < 1.29 is 9.53 Å². The number of carbonyl (C=O) groups is 1. The summed E-state index contributed by atoms with van der Waals surface area (Å²) in [6.07, 6.45) is 0.708. The van der Waals surface area contributed by atoms with E-state index in [0.717, 1.165) is 0 Å². The van der Waals surface area contributed by atoms with Crippen LogP contribution >= 0.6 is 0 Å². The molecule has 1 amide bonds. The monoisotopic (exact) mass is 214 g/mol. The first-order valence-electron chi connectivity index (χ1n) is 4.48. The Kier molecular flexibility index (Phi) is 4.77. The van der Waals surface area contributed by atoms with Gasteiger partial charge in [0, 0.05) is 14.1 Å². The number of rotatable bonds is 1. The van der Waals surface area contributed by atoms with Gasteiger partial charge in [-0.1, -0.05) is 0 Å². The molecule has 0 unspecified atom stereocenters. The lowest BCUT2D eigenvalue weighted by atomic mass is 10.2. The van der Waals surface area contributed by atoms with E-state index in [0.29, 0.717) is 0 Å². The van der Waals surface area contributed by atoms with Gasteiger partial charge >= 0.3 is 6.09 Å². The van der Waals surface area contributed by atoms with Gasteiger partial charge < -0.3 is 15.4 Å². The molecule has 0 bridgehead atoms. The van der Waals surface area contributed by atoms with Crippen molar-refractivity contribution in [1.82, 2.24) is 4.90 Å². The van der Waals surface area contributed by atoms with Crippen LogP contribution in [0.3, 0.4) is 0 Å². The first-order chi connectivity index (χ1) is 6.70. The number of hydrogen-bond donors (Lipinski definition) is 1. The highest BCUT2D eigenvalue weighted by Gasteiger charge is 2.15. The highest BCUT2D eigenvalue weighted by Crippen LogP contribution is 2.07. The van der Waals surface area contributed by atoms with Crippen LogP contribution in [0.5, 0.6) is 0 Å². The lowest BCUT2D eigenvalue weighted by Crippen LogP contribution is -2.24. The summed E-state index contributed by atoms with van der Waals surface area (Å²) in [7, 11) is 3.56. The fourth-order valence-corrected chi connectivity index (χ4v) is 0.582. The molecule has 0 aliphatic heterocycles. The largest absolute Gasteiger partial charge is 0.442 e. The molecule has 0 radical (unpaired) electrons. The van der Waals surface area contributed by atoms with Crippen LogP contribution in [0.1, 0.15) is 20.8 Å². The second-order valence-electron chi connectivity index (χ2n) is 4.16. The zero-order chi connectivity index (χ0) is 12.1.